The summed E-state index contributed by atoms with van der Waals surface area (Å²) in [4.78, 5) is 12.3. The third kappa shape index (κ3) is 5.13. The van der Waals surface area contributed by atoms with Gasteiger partial charge in [-0.25, -0.2) is 12.8 Å². The zero-order valence-electron chi connectivity index (χ0n) is 21.2. The fraction of sp³-hybridized carbons (Fsp3) is 0.0938. The molecule has 5 rings (SSSR count). The maximum absolute atomic E-state index is 14.4. The van der Waals surface area contributed by atoms with Gasteiger partial charge in [-0.15, -0.1) is 0 Å². The van der Waals surface area contributed by atoms with E-state index in [9.17, 15) is 22.7 Å². The van der Waals surface area contributed by atoms with Crippen molar-refractivity contribution in [3.63, 3.8) is 0 Å². The topological polar surface area (TPSA) is 76.4 Å². The van der Waals surface area contributed by atoms with Crippen LogP contribution in [0.1, 0.15) is 16.8 Å². The highest BCUT2D eigenvalue weighted by Gasteiger charge is 2.27. The lowest BCUT2D eigenvalue weighted by Crippen LogP contribution is -2.12. The van der Waals surface area contributed by atoms with Gasteiger partial charge >= 0.3 is 5.97 Å². The molecule has 0 unspecified atom stereocenters. The molecule has 1 heterocycles. The fourth-order valence-electron chi connectivity index (χ4n) is 5.02. The summed E-state index contributed by atoms with van der Waals surface area (Å²) in [6, 6.07) is 30.7. The van der Waals surface area contributed by atoms with Crippen LogP contribution in [-0.4, -0.2) is 24.1 Å². The van der Waals surface area contributed by atoms with Crippen LogP contribution in [0.25, 0.3) is 22.4 Å². The maximum atomic E-state index is 14.4. The monoisotopic (exact) mass is 539 g/mol. The minimum absolute atomic E-state index is 0.188. The standard InChI is InChI=1S/C32H26FNO4S/c1-22-28(20-24-13-8-9-18-29(24)39(37,38)27-16-6-3-7-17-27)31(23-11-4-2-5-12-23)32(34(22)21-30(35)36)25-14-10-15-26(33)19-25/h2-19H,20-21H2,1H3,(H,35,36). The first-order valence-corrected chi connectivity index (χ1v) is 13.9. The first kappa shape index (κ1) is 26.1. The predicted octanol–water partition coefficient (Wildman–Crippen LogP) is 6.78. The highest BCUT2D eigenvalue weighted by molar-refractivity contribution is 7.91. The molecule has 39 heavy (non-hydrogen) atoms. The van der Waals surface area contributed by atoms with Crippen LogP contribution >= 0.6 is 0 Å². The lowest BCUT2D eigenvalue weighted by atomic mass is 9.93. The molecule has 0 aliphatic heterocycles. The van der Waals surface area contributed by atoms with E-state index in [1.165, 1.54) is 12.1 Å². The molecule has 0 spiro atoms. The Morgan fingerprint density at radius 3 is 2.10 bits per heavy atom. The molecule has 7 heteroatoms. The van der Waals surface area contributed by atoms with Gasteiger partial charge in [0.1, 0.15) is 12.4 Å². The van der Waals surface area contributed by atoms with Gasteiger partial charge in [0.25, 0.3) is 0 Å². The smallest absolute Gasteiger partial charge is 0.323 e. The van der Waals surface area contributed by atoms with Gasteiger partial charge in [0.05, 0.1) is 15.5 Å². The summed E-state index contributed by atoms with van der Waals surface area (Å²) >= 11 is 0. The first-order valence-electron chi connectivity index (χ1n) is 12.4. The molecule has 5 aromatic rings. The van der Waals surface area contributed by atoms with E-state index in [0.717, 1.165) is 16.7 Å². The SMILES string of the molecule is Cc1c(Cc2ccccc2S(=O)(=O)c2ccccc2)c(-c2ccccc2)c(-c2cccc(F)c2)n1CC(=O)O. The van der Waals surface area contributed by atoms with E-state index in [-0.39, 0.29) is 22.8 Å². The lowest BCUT2D eigenvalue weighted by molar-refractivity contribution is -0.137. The molecule has 0 atom stereocenters. The van der Waals surface area contributed by atoms with Crippen molar-refractivity contribution in [2.45, 2.75) is 29.7 Å². The Morgan fingerprint density at radius 1 is 0.821 bits per heavy atom. The molecule has 196 valence electrons. The van der Waals surface area contributed by atoms with E-state index >= 15 is 0 Å². The molecule has 0 fully saturated rings. The molecule has 0 aliphatic carbocycles. The van der Waals surface area contributed by atoms with Gasteiger partial charge in [-0.3, -0.25) is 4.79 Å². The zero-order valence-corrected chi connectivity index (χ0v) is 22.0. The first-order chi connectivity index (χ1) is 18.8. The zero-order chi connectivity index (χ0) is 27.6. The Kier molecular flexibility index (Phi) is 7.17. The number of halogens is 1. The molecule has 0 radical (unpaired) electrons. The van der Waals surface area contributed by atoms with E-state index < -0.39 is 21.6 Å². The Bertz CT molecular complexity index is 1760. The quantitative estimate of drug-likeness (QED) is 0.236. The molecule has 0 aliphatic rings. The molecular formula is C32H26FNO4S. The fourth-order valence-corrected chi connectivity index (χ4v) is 6.53. The predicted molar refractivity (Wildman–Crippen MR) is 149 cm³/mol. The summed E-state index contributed by atoms with van der Waals surface area (Å²) in [7, 11) is -3.81. The number of sulfone groups is 1. The van der Waals surface area contributed by atoms with Crippen LogP contribution < -0.4 is 0 Å². The summed E-state index contributed by atoms with van der Waals surface area (Å²) < 4.78 is 43.3. The highest BCUT2D eigenvalue weighted by atomic mass is 32.2. The Morgan fingerprint density at radius 2 is 1.44 bits per heavy atom. The highest BCUT2D eigenvalue weighted by Crippen LogP contribution is 2.41. The number of nitrogens with zero attached hydrogens (tertiary/aromatic N) is 1. The van der Waals surface area contributed by atoms with Crippen LogP contribution in [0.4, 0.5) is 4.39 Å². The summed E-state index contributed by atoms with van der Waals surface area (Å²) in [6.45, 7) is 1.49. The number of carbonyl (C=O) groups is 1. The van der Waals surface area contributed by atoms with Crippen LogP contribution in [0.3, 0.4) is 0 Å². The second-order valence-electron chi connectivity index (χ2n) is 9.24. The van der Waals surface area contributed by atoms with Gasteiger partial charge in [0, 0.05) is 23.2 Å². The van der Waals surface area contributed by atoms with Gasteiger partial charge in [-0.05, 0) is 53.9 Å². The van der Waals surface area contributed by atoms with Crippen molar-refractivity contribution >= 4 is 15.8 Å². The van der Waals surface area contributed by atoms with Crippen molar-refractivity contribution in [2.75, 3.05) is 0 Å². The van der Waals surface area contributed by atoms with E-state index in [0.29, 0.717) is 22.5 Å². The molecule has 0 bridgehead atoms. The summed E-state index contributed by atoms with van der Waals surface area (Å²) in [6.07, 6.45) is 0.229. The second-order valence-corrected chi connectivity index (χ2v) is 11.2. The number of hydrogen-bond acceptors (Lipinski definition) is 3. The third-order valence-electron chi connectivity index (χ3n) is 6.79. The van der Waals surface area contributed by atoms with Crippen LogP contribution in [0.5, 0.6) is 0 Å². The van der Waals surface area contributed by atoms with Crippen molar-refractivity contribution in [1.82, 2.24) is 4.57 Å². The van der Waals surface area contributed by atoms with Crippen molar-refractivity contribution in [3.05, 3.63) is 132 Å². The largest absolute Gasteiger partial charge is 0.480 e. The normalized spacial score (nSPS) is 11.4. The Hall–Kier alpha value is -4.49. The molecule has 4 aromatic carbocycles. The average molecular weight is 540 g/mol. The molecule has 1 aromatic heterocycles. The van der Waals surface area contributed by atoms with Crippen molar-refractivity contribution in [1.29, 1.82) is 0 Å². The van der Waals surface area contributed by atoms with Gasteiger partial charge in [-0.2, -0.15) is 0 Å². The second kappa shape index (κ2) is 10.7. The van der Waals surface area contributed by atoms with Gasteiger partial charge < -0.3 is 9.67 Å². The minimum Gasteiger partial charge on any atom is -0.480 e. The van der Waals surface area contributed by atoms with E-state index in [1.54, 1.807) is 71.3 Å². The summed E-state index contributed by atoms with van der Waals surface area (Å²) in [5.41, 5.74) is 4.70. The summed E-state index contributed by atoms with van der Waals surface area (Å²) in [5.74, 6) is -1.47. The maximum Gasteiger partial charge on any atom is 0.323 e. The molecule has 0 saturated carbocycles. The molecule has 5 nitrogen and oxygen atoms in total. The van der Waals surface area contributed by atoms with Crippen LogP contribution in [-0.2, 0) is 27.6 Å². The Labute approximate surface area is 226 Å². The Balaban J connectivity index is 1.77. The molecule has 1 N–H and O–H groups in total. The van der Waals surface area contributed by atoms with Gasteiger partial charge in [-0.1, -0.05) is 78.9 Å². The number of carboxylic acid groups (broad SMARTS) is 1. The van der Waals surface area contributed by atoms with Crippen LogP contribution in [0.15, 0.2) is 119 Å². The number of hydrogen-bond donors (Lipinski definition) is 1. The lowest BCUT2D eigenvalue weighted by Gasteiger charge is -2.13. The molecular weight excluding hydrogens is 513 g/mol. The minimum atomic E-state index is -3.81. The number of aromatic nitrogens is 1. The van der Waals surface area contributed by atoms with E-state index in [1.807, 2.05) is 37.3 Å². The number of rotatable bonds is 8. The van der Waals surface area contributed by atoms with Crippen LogP contribution in [0.2, 0.25) is 0 Å². The third-order valence-corrected chi connectivity index (χ3v) is 8.66. The average Bonchev–Trinajstić information content (AvgIpc) is 3.20. The van der Waals surface area contributed by atoms with Crippen molar-refractivity contribution < 1.29 is 22.7 Å². The molecule has 0 saturated heterocycles. The summed E-state index contributed by atoms with van der Waals surface area (Å²) in [5, 5.41) is 9.78. The number of aliphatic carboxylic acids is 1. The van der Waals surface area contributed by atoms with E-state index in [2.05, 4.69) is 0 Å². The van der Waals surface area contributed by atoms with Gasteiger partial charge in [0.15, 0.2) is 0 Å². The van der Waals surface area contributed by atoms with Crippen molar-refractivity contribution in [2.24, 2.45) is 0 Å². The molecule has 0 amide bonds. The van der Waals surface area contributed by atoms with Crippen LogP contribution in [0, 0.1) is 12.7 Å². The van der Waals surface area contributed by atoms with Crippen molar-refractivity contribution in [3.8, 4) is 22.4 Å². The van der Waals surface area contributed by atoms with E-state index in [4.69, 9.17) is 0 Å². The number of carboxylic acids is 1. The number of benzene rings is 4. The van der Waals surface area contributed by atoms with Gasteiger partial charge in [0.2, 0.25) is 9.84 Å².